The maximum atomic E-state index is 12.4. The summed E-state index contributed by atoms with van der Waals surface area (Å²) in [6.07, 6.45) is 3.07. The Morgan fingerprint density at radius 3 is 2.66 bits per heavy atom. The van der Waals surface area contributed by atoms with Crippen LogP contribution in [0.15, 0.2) is 60.9 Å². The van der Waals surface area contributed by atoms with Crippen LogP contribution in [0.5, 0.6) is 5.75 Å². The number of anilines is 1. The Balaban J connectivity index is 1.65. The first-order valence-electron chi connectivity index (χ1n) is 11.4. The second-order valence-electron chi connectivity index (χ2n) is 7.95. The Bertz CT molecular complexity index is 1360. The summed E-state index contributed by atoms with van der Waals surface area (Å²) in [5.74, 6) is 0.602. The zero-order valence-electron chi connectivity index (χ0n) is 20.0. The number of hydrogen-bond acceptors (Lipinski definition) is 6. The van der Waals surface area contributed by atoms with Gasteiger partial charge >= 0.3 is 6.09 Å². The summed E-state index contributed by atoms with van der Waals surface area (Å²) in [5, 5.41) is 6.68. The average molecular weight is 473 g/mol. The fraction of sp³-hybridized carbons (Fsp3) is 0.222. The Hall–Kier alpha value is -4.17. The van der Waals surface area contributed by atoms with Crippen LogP contribution >= 0.6 is 0 Å². The zero-order chi connectivity index (χ0) is 24.8. The molecule has 0 saturated heterocycles. The topological polar surface area (TPSA) is 105 Å². The molecule has 8 heteroatoms. The number of fused-ring (bicyclic) bond motifs is 1. The largest absolute Gasteiger partial charge is 0.496 e. The summed E-state index contributed by atoms with van der Waals surface area (Å²) in [4.78, 5) is 32.3. The predicted molar refractivity (Wildman–Crippen MR) is 137 cm³/mol. The number of H-pyrrole nitrogens is 1. The van der Waals surface area contributed by atoms with Crippen molar-refractivity contribution in [2.24, 2.45) is 0 Å². The van der Waals surface area contributed by atoms with E-state index >= 15 is 0 Å². The summed E-state index contributed by atoms with van der Waals surface area (Å²) >= 11 is 0. The number of aromatic amines is 1. The highest BCUT2D eigenvalue weighted by molar-refractivity contribution is 6.04. The molecule has 4 rings (SSSR count). The number of pyridine rings is 1. The number of nitrogens with zero attached hydrogens (tertiary/aromatic N) is 1. The van der Waals surface area contributed by atoms with Crippen molar-refractivity contribution in [3.8, 4) is 28.0 Å². The van der Waals surface area contributed by atoms with Gasteiger partial charge in [0.2, 0.25) is 0 Å². The number of para-hydroxylation sites is 1. The van der Waals surface area contributed by atoms with Crippen molar-refractivity contribution in [3.05, 3.63) is 66.5 Å². The van der Waals surface area contributed by atoms with Crippen LogP contribution < -0.4 is 15.4 Å². The number of carbonyl (C=O) groups is 2. The lowest BCUT2D eigenvalue weighted by molar-refractivity contribution is 0.101. The smallest absolute Gasteiger partial charge is 0.411 e. The molecule has 3 N–H and O–H groups in total. The normalized spacial score (nSPS) is 10.8. The number of methoxy groups -OCH3 is 1. The minimum Gasteiger partial charge on any atom is -0.496 e. The molecule has 1 amide bonds. The molecule has 0 aliphatic heterocycles. The van der Waals surface area contributed by atoms with Crippen molar-refractivity contribution in [3.63, 3.8) is 0 Å². The second kappa shape index (κ2) is 10.8. The van der Waals surface area contributed by atoms with Crippen molar-refractivity contribution in [2.75, 3.05) is 32.1 Å². The van der Waals surface area contributed by atoms with E-state index in [4.69, 9.17) is 9.47 Å². The molecule has 0 saturated carbocycles. The summed E-state index contributed by atoms with van der Waals surface area (Å²) in [6.45, 7) is 5.04. The van der Waals surface area contributed by atoms with E-state index in [9.17, 15) is 9.59 Å². The van der Waals surface area contributed by atoms with Gasteiger partial charge in [-0.25, -0.2) is 9.78 Å². The molecule has 0 aliphatic rings. The van der Waals surface area contributed by atoms with Crippen LogP contribution in [0.2, 0.25) is 0 Å². The van der Waals surface area contributed by atoms with E-state index in [1.54, 1.807) is 25.4 Å². The molecular weight excluding hydrogens is 444 g/mol. The monoisotopic (exact) mass is 472 g/mol. The van der Waals surface area contributed by atoms with Gasteiger partial charge in [0.1, 0.15) is 18.0 Å². The van der Waals surface area contributed by atoms with Crippen LogP contribution in [-0.4, -0.2) is 48.7 Å². The Morgan fingerprint density at radius 2 is 1.89 bits per heavy atom. The van der Waals surface area contributed by atoms with Gasteiger partial charge in [-0.1, -0.05) is 31.2 Å². The number of carbonyl (C=O) groups excluding carboxylic acids is 2. The third-order valence-corrected chi connectivity index (χ3v) is 5.66. The number of rotatable bonds is 9. The number of amides is 1. The highest BCUT2D eigenvalue weighted by Gasteiger charge is 2.15. The molecule has 2 aromatic heterocycles. The van der Waals surface area contributed by atoms with Gasteiger partial charge in [0.05, 0.1) is 12.8 Å². The van der Waals surface area contributed by atoms with Gasteiger partial charge in [-0.3, -0.25) is 10.1 Å². The summed E-state index contributed by atoms with van der Waals surface area (Å²) in [6, 6.07) is 15.2. The summed E-state index contributed by atoms with van der Waals surface area (Å²) in [7, 11) is 1.65. The fourth-order valence-corrected chi connectivity index (χ4v) is 3.91. The molecule has 0 spiro atoms. The second-order valence-corrected chi connectivity index (χ2v) is 7.95. The van der Waals surface area contributed by atoms with Crippen LogP contribution in [0.1, 0.15) is 24.2 Å². The van der Waals surface area contributed by atoms with Gasteiger partial charge in [-0.2, -0.15) is 0 Å². The molecule has 180 valence electrons. The quantitative estimate of drug-likeness (QED) is 0.227. The SMILES string of the molecule is CCNCCOC(=O)Nc1ccc(-c2cnc3[nH]cc(-c4ccccc4OC)c3c2)cc1C(C)=O. The first-order valence-corrected chi connectivity index (χ1v) is 11.4. The van der Waals surface area contributed by atoms with Crippen LogP contribution in [-0.2, 0) is 4.74 Å². The molecule has 2 aromatic carbocycles. The van der Waals surface area contributed by atoms with Gasteiger partial charge < -0.3 is 19.8 Å². The van der Waals surface area contributed by atoms with Crippen molar-refractivity contribution in [1.82, 2.24) is 15.3 Å². The van der Waals surface area contributed by atoms with Crippen LogP contribution in [0.4, 0.5) is 10.5 Å². The average Bonchev–Trinajstić information content (AvgIpc) is 3.30. The molecule has 4 aromatic rings. The van der Waals surface area contributed by atoms with E-state index in [0.29, 0.717) is 17.8 Å². The van der Waals surface area contributed by atoms with E-state index in [0.717, 1.165) is 45.6 Å². The van der Waals surface area contributed by atoms with E-state index in [1.807, 2.05) is 49.5 Å². The molecule has 0 unspecified atom stereocenters. The number of nitrogens with one attached hydrogen (secondary N) is 3. The van der Waals surface area contributed by atoms with Crippen molar-refractivity contribution in [2.45, 2.75) is 13.8 Å². The minimum absolute atomic E-state index is 0.166. The number of aromatic nitrogens is 2. The Morgan fingerprint density at radius 1 is 1.06 bits per heavy atom. The number of likely N-dealkylation sites (N-methyl/N-ethyl adjacent to an activating group) is 1. The van der Waals surface area contributed by atoms with Gasteiger partial charge in [-0.15, -0.1) is 0 Å². The number of hydrogen-bond donors (Lipinski definition) is 3. The van der Waals surface area contributed by atoms with Crippen LogP contribution in [0.3, 0.4) is 0 Å². The summed E-state index contributed by atoms with van der Waals surface area (Å²) < 4.78 is 10.7. The number of ketones is 1. The Labute approximate surface area is 203 Å². The molecule has 0 aliphatic carbocycles. The van der Waals surface area contributed by atoms with Crippen molar-refractivity contribution in [1.29, 1.82) is 0 Å². The first kappa shape index (κ1) is 24.0. The lowest BCUT2D eigenvalue weighted by Crippen LogP contribution is -2.23. The van der Waals surface area contributed by atoms with E-state index < -0.39 is 6.09 Å². The van der Waals surface area contributed by atoms with E-state index in [1.165, 1.54) is 6.92 Å². The van der Waals surface area contributed by atoms with Gasteiger partial charge in [-0.05, 0) is 43.3 Å². The van der Waals surface area contributed by atoms with Crippen LogP contribution in [0, 0.1) is 0 Å². The molecule has 2 heterocycles. The predicted octanol–water partition coefficient (Wildman–Crippen LogP) is 5.27. The third-order valence-electron chi connectivity index (χ3n) is 5.66. The molecule has 8 nitrogen and oxygen atoms in total. The maximum absolute atomic E-state index is 12.4. The summed E-state index contributed by atoms with van der Waals surface area (Å²) in [5.41, 5.74) is 5.12. The molecular formula is C27H28N4O4. The molecule has 35 heavy (non-hydrogen) atoms. The van der Waals surface area contributed by atoms with Gasteiger partial charge in [0.25, 0.3) is 0 Å². The van der Waals surface area contributed by atoms with Crippen LogP contribution in [0.25, 0.3) is 33.3 Å². The lowest BCUT2D eigenvalue weighted by atomic mass is 9.99. The molecule has 0 fully saturated rings. The van der Waals surface area contributed by atoms with Gasteiger partial charge in [0, 0.05) is 46.6 Å². The minimum atomic E-state index is -0.602. The standard InChI is InChI=1S/C27H28N4O4/c1-4-28-11-12-35-27(33)31-24-10-9-18(13-21(24)17(2)32)19-14-22-23(16-30-26(22)29-15-19)20-7-5-6-8-25(20)34-3/h5-10,13-16,28H,4,11-12H2,1-3H3,(H,29,30)(H,31,33). The first-order chi connectivity index (χ1) is 17.0. The highest BCUT2D eigenvalue weighted by atomic mass is 16.5. The maximum Gasteiger partial charge on any atom is 0.411 e. The van der Waals surface area contributed by atoms with E-state index in [-0.39, 0.29) is 12.4 Å². The molecule has 0 radical (unpaired) electrons. The van der Waals surface area contributed by atoms with E-state index in [2.05, 4.69) is 20.6 Å². The third kappa shape index (κ3) is 5.33. The molecule has 0 atom stereocenters. The van der Waals surface area contributed by atoms with Gasteiger partial charge in [0.15, 0.2) is 5.78 Å². The van der Waals surface area contributed by atoms with Crippen molar-refractivity contribution >= 4 is 28.6 Å². The number of benzene rings is 2. The number of ether oxygens (including phenoxy) is 2. The lowest BCUT2D eigenvalue weighted by Gasteiger charge is -2.12. The van der Waals surface area contributed by atoms with Crippen molar-refractivity contribution < 1.29 is 19.1 Å². The molecule has 0 bridgehead atoms. The highest BCUT2D eigenvalue weighted by Crippen LogP contribution is 2.36. The Kier molecular flexibility index (Phi) is 7.42. The number of Topliss-reactive ketones (excluding diaryl/α,β-unsaturated/α-hetero) is 1. The fourth-order valence-electron chi connectivity index (χ4n) is 3.91. The zero-order valence-corrected chi connectivity index (χ0v) is 20.0.